The molecular weight excluding hydrogens is 176 g/mol. The molecule has 1 fully saturated rings. The Bertz CT molecular complexity index is 198. The van der Waals surface area contributed by atoms with E-state index in [9.17, 15) is 4.79 Å². The van der Waals surface area contributed by atoms with Gasteiger partial charge in [-0.3, -0.25) is 4.79 Å². The quantitative estimate of drug-likeness (QED) is 0.638. The minimum Gasteiger partial charge on any atom is -0.469 e. The summed E-state index contributed by atoms with van der Waals surface area (Å²) in [4.78, 5) is 11.6. The van der Waals surface area contributed by atoms with Crippen molar-refractivity contribution in [1.82, 2.24) is 0 Å². The van der Waals surface area contributed by atoms with Gasteiger partial charge in [0.1, 0.15) is 0 Å². The van der Waals surface area contributed by atoms with Crippen LogP contribution in [0.3, 0.4) is 0 Å². The molecular formula is C12H22O2. The summed E-state index contributed by atoms with van der Waals surface area (Å²) in [5.41, 5.74) is 0. The van der Waals surface area contributed by atoms with Gasteiger partial charge >= 0.3 is 5.97 Å². The Kier molecular flexibility index (Phi) is 3.97. The van der Waals surface area contributed by atoms with Gasteiger partial charge in [0.15, 0.2) is 0 Å². The molecule has 0 N–H and O–H groups in total. The van der Waals surface area contributed by atoms with Gasteiger partial charge in [-0.2, -0.15) is 0 Å². The molecule has 1 rings (SSSR count). The van der Waals surface area contributed by atoms with E-state index in [-0.39, 0.29) is 11.9 Å². The Hall–Kier alpha value is -0.530. The van der Waals surface area contributed by atoms with Crippen molar-refractivity contribution < 1.29 is 9.53 Å². The Morgan fingerprint density at radius 3 is 2.50 bits per heavy atom. The smallest absolute Gasteiger partial charge is 0.308 e. The minimum absolute atomic E-state index is 0.00440. The van der Waals surface area contributed by atoms with Crippen LogP contribution in [-0.2, 0) is 9.53 Å². The van der Waals surface area contributed by atoms with E-state index in [0.717, 1.165) is 6.42 Å². The van der Waals surface area contributed by atoms with Gasteiger partial charge in [0.05, 0.1) is 13.0 Å². The van der Waals surface area contributed by atoms with Crippen molar-refractivity contribution in [3.8, 4) is 0 Å². The zero-order chi connectivity index (χ0) is 10.7. The Balaban J connectivity index is 2.68. The summed E-state index contributed by atoms with van der Waals surface area (Å²) in [7, 11) is 1.50. The second-order valence-electron chi connectivity index (χ2n) is 4.96. The monoisotopic (exact) mass is 198 g/mol. The molecule has 0 heterocycles. The van der Waals surface area contributed by atoms with E-state index >= 15 is 0 Å². The number of carbonyl (C=O) groups excluding carboxylic acids is 1. The second kappa shape index (κ2) is 4.81. The maximum absolute atomic E-state index is 11.6. The lowest BCUT2D eigenvalue weighted by Gasteiger charge is -2.35. The predicted molar refractivity (Wildman–Crippen MR) is 56.8 cm³/mol. The van der Waals surface area contributed by atoms with Crippen molar-refractivity contribution in [1.29, 1.82) is 0 Å². The first-order chi connectivity index (χ1) is 6.56. The molecule has 0 radical (unpaired) electrons. The summed E-state index contributed by atoms with van der Waals surface area (Å²) in [5.74, 6) is 1.93. The van der Waals surface area contributed by atoms with E-state index in [4.69, 9.17) is 4.74 Å². The first-order valence-electron chi connectivity index (χ1n) is 5.64. The molecule has 2 heteroatoms. The van der Waals surface area contributed by atoms with Crippen molar-refractivity contribution in [2.75, 3.05) is 7.11 Å². The van der Waals surface area contributed by atoms with Gasteiger partial charge in [0, 0.05) is 0 Å². The van der Waals surface area contributed by atoms with Crippen LogP contribution in [0.2, 0.25) is 0 Å². The Morgan fingerprint density at radius 1 is 1.36 bits per heavy atom. The number of carbonyl (C=O) groups is 1. The van der Waals surface area contributed by atoms with Gasteiger partial charge < -0.3 is 4.74 Å². The maximum atomic E-state index is 11.6. The number of esters is 1. The van der Waals surface area contributed by atoms with Gasteiger partial charge in [-0.1, -0.05) is 27.2 Å². The first kappa shape index (κ1) is 11.5. The number of hydrogen-bond acceptors (Lipinski definition) is 2. The van der Waals surface area contributed by atoms with Gasteiger partial charge in [0.25, 0.3) is 0 Å². The van der Waals surface area contributed by atoms with E-state index in [1.54, 1.807) is 0 Å². The second-order valence-corrected chi connectivity index (χ2v) is 4.96. The van der Waals surface area contributed by atoms with E-state index in [0.29, 0.717) is 17.8 Å². The van der Waals surface area contributed by atoms with Crippen LogP contribution in [0.25, 0.3) is 0 Å². The number of rotatable bonds is 2. The average Bonchev–Trinajstić information content (AvgIpc) is 2.16. The molecule has 1 unspecified atom stereocenters. The van der Waals surface area contributed by atoms with E-state index in [1.807, 2.05) is 0 Å². The number of methoxy groups -OCH3 is 1. The molecule has 0 amide bonds. The summed E-state index contributed by atoms with van der Waals surface area (Å²) >= 11 is 0. The van der Waals surface area contributed by atoms with Crippen LogP contribution in [0, 0.1) is 23.7 Å². The molecule has 1 aliphatic carbocycles. The van der Waals surface area contributed by atoms with E-state index in [2.05, 4.69) is 20.8 Å². The molecule has 0 aromatic heterocycles. The average molecular weight is 198 g/mol. The summed E-state index contributed by atoms with van der Waals surface area (Å²) in [6, 6.07) is 0. The Labute approximate surface area is 87.0 Å². The largest absolute Gasteiger partial charge is 0.469 e. The maximum Gasteiger partial charge on any atom is 0.308 e. The summed E-state index contributed by atoms with van der Waals surface area (Å²) in [5, 5.41) is 0. The van der Waals surface area contributed by atoms with Crippen LogP contribution in [-0.4, -0.2) is 13.1 Å². The van der Waals surface area contributed by atoms with Gasteiger partial charge in [-0.05, 0) is 30.6 Å². The van der Waals surface area contributed by atoms with Crippen LogP contribution in [0.1, 0.15) is 40.0 Å². The zero-order valence-corrected chi connectivity index (χ0v) is 9.75. The first-order valence-corrected chi connectivity index (χ1v) is 5.64. The van der Waals surface area contributed by atoms with Gasteiger partial charge in [-0.25, -0.2) is 0 Å². The van der Waals surface area contributed by atoms with Crippen LogP contribution in [0.15, 0.2) is 0 Å². The van der Waals surface area contributed by atoms with E-state index < -0.39 is 0 Å². The molecule has 0 aromatic carbocycles. The van der Waals surface area contributed by atoms with Gasteiger partial charge in [0.2, 0.25) is 0 Å². The van der Waals surface area contributed by atoms with Crippen molar-refractivity contribution >= 4 is 5.97 Å². The highest BCUT2D eigenvalue weighted by molar-refractivity contribution is 5.72. The molecule has 0 spiro atoms. The fourth-order valence-electron chi connectivity index (χ4n) is 2.62. The van der Waals surface area contributed by atoms with Crippen molar-refractivity contribution in [2.45, 2.75) is 40.0 Å². The normalized spacial score (nSPS) is 33.1. The number of ether oxygens (including phenoxy) is 1. The van der Waals surface area contributed by atoms with Crippen molar-refractivity contribution in [2.24, 2.45) is 23.7 Å². The van der Waals surface area contributed by atoms with Crippen LogP contribution in [0.5, 0.6) is 0 Å². The zero-order valence-electron chi connectivity index (χ0n) is 9.75. The molecule has 0 aliphatic heterocycles. The molecule has 0 saturated heterocycles. The minimum atomic E-state index is -0.00440. The molecule has 0 bridgehead atoms. The lowest BCUT2D eigenvalue weighted by atomic mass is 9.70. The third-order valence-electron chi connectivity index (χ3n) is 3.53. The Morgan fingerprint density at radius 2 is 2.00 bits per heavy atom. The van der Waals surface area contributed by atoms with Crippen LogP contribution >= 0.6 is 0 Å². The fraction of sp³-hybridized carbons (Fsp3) is 0.917. The highest BCUT2D eigenvalue weighted by Crippen LogP contribution is 2.38. The lowest BCUT2D eigenvalue weighted by Crippen LogP contribution is -2.33. The standard InChI is InChI=1S/C12H22O2/c1-8(2)10-6-5-9(3)7-11(10)12(13)14-4/h8-11H,5-7H2,1-4H3/t9-,10+,11?/m1/s1. The summed E-state index contributed by atoms with van der Waals surface area (Å²) < 4.78 is 4.88. The number of hydrogen-bond donors (Lipinski definition) is 0. The molecule has 1 saturated carbocycles. The lowest BCUT2D eigenvalue weighted by molar-refractivity contribution is -0.150. The molecule has 82 valence electrons. The van der Waals surface area contributed by atoms with Crippen LogP contribution < -0.4 is 0 Å². The molecule has 3 atom stereocenters. The molecule has 1 aliphatic rings. The van der Waals surface area contributed by atoms with E-state index in [1.165, 1.54) is 20.0 Å². The highest BCUT2D eigenvalue weighted by atomic mass is 16.5. The van der Waals surface area contributed by atoms with Crippen molar-refractivity contribution in [3.63, 3.8) is 0 Å². The third-order valence-corrected chi connectivity index (χ3v) is 3.53. The third kappa shape index (κ3) is 2.49. The highest BCUT2D eigenvalue weighted by Gasteiger charge is 2.35. The fourth-order valence-corrected chi connectivity index (χ4v) is 2.62. The predicted octanol–water partition coefficient (Wildman–Crippen LogP) is 2.87. The SMILES string of the molecule is COC(=O)C1C[C@H](C)CC[C@H]1C(C)C. The summed E-state index contributed by atoms with van der Waals surface area (Å²) in [6.45, 7) is 6.64. The molecule has 2 nitrogen and oxygen atoms in total. The van der Waals surface area contributed by atoms with Crippen molar-refractivity contribution in [3.05, 3.63) is 0 Å². The van der Waals surface area contributed by atoms with Gasteiger partial charge in [-0.15, -0.1) is 0 Å². The topological polar surface area (TPSA) is 26.3 Å². The molecule has 14 heavy (non-hydrogen) atoms. The molecule has 0 aromatic rings. The van der Waals surface area contributed by atoms with Crippen LogP contribution in [0.4, 0.5) is 0 Å². The summed E-state index contributed by atoms with van der Waals surface area (Å²) in [6.07, 6.45) is 3.45.